The first-order chi connectivity index (χ1) is 13.6. The van der Waals surface area contributed by atoms with Crippen LogP contribution in [0.25, 0.3) is 0 Å². The minimum Gasteiger partial charge on any atom is -0.493 e. The van der Waals surface area contributed by atoms with Gasteiger partial charge in [0.1, 0.15) is 0 Å². The van der Waals surface area contributed by atoms with Crippen LogP contribution < -0.4 is 19.5 Å². The van der Waals surface area contributed by atoms with Crippen LogP contribution in [0.15, 0.2) is 36.4 Å². The number of nitrogens with one attached hydrogen (secondary N) is 1. The Labute approximate surface area is 164 Å². The minimum atomic E-state index is -0.343. The molecule has 2 amide bonds. The van der Waals surface area contributed by atoms with E-state index in [4.69, 9.17) is 14.2 Å². The second-order valence-corrected chi connectivity index (χ2v) is 6.45. The van der Waals surface area contributed by atoms with Crippen molar-refractivity contribution in [3.05, 3.63) is 47.5 Å². The number of carbonyl (C=O) groups is 2. The van der Waals surface area contributed by atoms with Gasteiger partial charge in [0.25, 0.3) is 11.8 Å². The van der Waals surface area contributed by atoms with E-state index in [0.29, 0.717) is 34.1 Å². The van der Waals surface area contributed by atoms with Crippen LogP contribution in [0.2, 0.25) is 0 Å². The van der Waals surface area contributed by atoms with Crippen LogP contribution >= 0.6 is 0 Å². The highest BCUT2D eigenvalue weighted by Crippen LogP contribution is 2.38. The van der Waals surface area contributed by atoms with Gasteiger partial charge in [0.05, 0.1) is 21.3 Å². The third-order valence-electron chi connectivity index (χ3n) is 4.69. The van der Waals surface area contributed by atoms with E-state index >= 15 is 0 Å². The molecule has 1 fully saturated rings. The van der Waals surface area contributed by atoms with Gasteiger partial charge in [-0.05, 0) is 43.2 Å². The van der Waals surface area contributed by atoms with Crippen molar-refractivity contribution in [2.45, 2.75) is 12.8 Å². The molecule has 0 aromatic heterocycles. The van der Waals surface area contributed by atoms with Crippen LogP contribution in [-0.2, 0) is 0 Å². The Balaban J connectivity index is 1.81. The van der Waals surface area contributed by atoms with Gasteiger partial charge in [0.15, 0.2) is 11.5 Å². The van der Waals surface area contributed by atoms with E-state index in [1.165, 1.54) is 21.3 Å². The summed E-state index contributed by atoms with van der Waals surface area (Å²) in [6.45, 7) is 1.56. The molecule has 0 spiro atoms. The third kappa shape index (κ3) is 4.03. The number of ether oxygens (including phenoxy) is 3. The Morgan fingerprint density at radius 3 is 2.11 bits per heavy atom. The second kappa shape index (κ2) is 8.65. The summed E-state index contributed by atoms with van der Waals surface area (Å²) in [4.78, 5) is 27.1. The lowest BCUT2D eigenvalue weighted by molar-refractivity contribution is 0.0792. The van der Waals surface area contributed by atoms with Crippen molar-refractivity contribution in [3.8, 4) is 17.2 Å². The number of anilines is 1. The number of carbonyl (C=O) groups excluding carboxylic acids is 2. The quantitative estimate of drug-likeness (QED) is 0.828. The van der Waals surface area contributed by atoms with Crippen LogP contribution in [0.4, 0.5) is 5.69 Å². The molecule has 0 radical (unpaired) electrons. The van der Waals surface area contributed by atoms with Crippen molar-refractivity contribution in [3.63, 3.8) is 0 Å². The third-order valence-corrected chi connectivity index (χ3v) is 4.69. The average Bonchev–Trinajstić information content (AvgIpc) is 3.27. The Kier molecular flexibility index (Phi) is 6.03. The Hall–Kier alpha value is -3.22. The van der Waals surface area contributed by atoms with Crippen molar-refractivity contribution in [2.75, 3.05) is 39.7 Å². The highest BCUT2D eigenvalue weighted by Gasteiger charge is 2.20. The van der Waals surface area contributed by atoms with E-state index in [2.05, 4.69) is 5.32 Å². The van der Waals surface area contributed by atoms with E-state index in [1.54, 1.807) is 36.4 Å². The van der Waals surface area contributed by atoms with Crippen molar-refractivity contribution in [1.29, 1.82) is 0 Å². The maximum Gasteiger partial charge on any atom is 0.255 e. The molecule has 2 aromatic carbocycles. The first-order valence-electron chi connectivity index (χ1n) is 9.08. The van der Waals surface area contributed by atoms with E-state index in [1.807, 2.05) is 4.90 Å². The summed E-state index contributed by atoms with van der Waals surface area (Å²) in [7, 11) is 4.49. The molecule has 1 N–H and O–H groups in total. The molecule has 0 aliphatic carbocycles. The van der Waals surface area contributed by atoms with Gasteiger partial charge in [0, 0.05) is 29.9 Å². The maximum atomic E-state index is 12.7. The van der Waals surface area contributed by atoms with Crippen LogP contribution in [-0.4, -0.2) is 51.1 Å². The summed E-state index contributed by atoms with van der Waals surface area (Å²) >= 11 is 0. The molecule has 1 aliphatic rings. The van der Waals surface area contributed by atoms with Gasteiger partial charge in [-0.3, -0.25) is 9.59 Å². The molecule has 3 rings (SSSR count). The summed E-state index contributed by atoms with van der Waals surface area (Å²) in [5, 5.41) is 2.82. The molecular formula is C21H24N2O5. The predicted molar refractivity (Wildman–Crippen MR) is 106 cm³/mol. The number of benzene rings is 2. The van der Waals surface area contributed by atoms with Gasteiger partial charge in [-0.15, -0.1) is 0 Å². The molecule has 0 unspecified atom stereocenters. The van der Waals surface area contributed by atoms with E-state index in [-0.39, 0.29) is 11.8 Å². The lowest BCUT2D eigenvalue weighted by Crippen LogP contribution is -2.27. The monoisotopic (exact) mass is 384 g/mol. The number of amides is 2. The van der Waals surface area contributed by atoms with E-state index in [0.717, 1.165) is 25.9 Å². The van der Waals surface area contributed by atoms with Crippen molar-refractivity contribution < 1.29 is 23.8 Å². The summed E-state index contributed by atoms with van der Waals surface area (Å²) in [6, 6.07) is 10.1. The summed E-state index contributed by atoms with van der Waals surface area (Å²) in [6.07, 6.45) is 2.06. The Morgan fingerprint density at radius 1 is 0.893 bits per heavy atom. The molecule has 0 bridgehead atoms. The van der Waals surface area contributed by atoms with Crippen molar-refractivity contribution >= 4 is 17.5 Å². The minimum absolute atomic E-state index is 0.0126. The molecule has 7 heteroatoms. The zero-order valence-corrected chi connectivity index (χ0v) is 16.3. The predicted octanol–water partition coefficient (Wildman–Crippen LogP) is 3.20. The lowest BCUT2D eigenvalue weighted by atomic mass is 10.1. The number of hydrogen-bond acceptors (Lipinski definition) is 5. The standard InChI is InChI=1S/C21H24N2O5/c1-26-17-12-15(13-18(27-2)19(17)28-3)20(24)22-16-8-6-7-14(11-16)21(25)23-9-4-5-10-23/h6-8,11-13H,4-5,9-10H2,1-3H3,(H,22,24). The van der Waals surface area contributed by atoms with Gasteiger partial charge >= 0.3 is 0 Å². The van der Waals surface area contributed by atoms with Crippen LogP contribution in [0.3, 0.4) is 0 Å². The molecule has 2 aromatic rings. The Bertz CT molecular complexity index is 850. The molecule has 148 valence electrons. The average molecular weight is 384 g/mol. The fourth-order valence-corrected chi connectivity index (χ4v) is 3.25. The molecule has 1 saturated heterocycles. The SMILES string of the molecule is COc1cc(C(=O)Nc2cccc(C(=O)N3CCCC3)c2)cc(OC)c1OC. The topological polar surface area (TPSA) is 77.1 Å². The van der Waals surface area contributed by atoms with Gasteiger partial charge < -0.3 is 24.4 Å². The number of nitrogens with zero attached hydrogens (tertiary/aromatic N) is 1. The van der Waals surface area contributed by atoms with E-state index in [9.17, 15) is 9.59 Å². The fraction of sp³-hybridized carbons (Fsp3) is 0.333. The molecule has 28 heavy (non-hydrogen) atoms. The largest absolute Gasteiger partial charge is 0.493 e. The first-order valence-corrected chi connectivity index (χ1v) is 9.08. The highest BCUT2D eigenvalue weighted by atomic mass is 16.5. The Morgan fingerprint density at radius 2 is 1.54 bits per heavy atom. The van der Waals surface area contributed by atoms with Crippen LogP contribution in [0.5, 0.6) is 17.2 Å². The smallest absolute Gasteiger partial charge is 0.255 e. The zero-order chi connectivity index (χ0) is 20.1. The lowest BCUT2D eigenvalue weighted by Gasteiger charge is -2.16. The first kappa shape index (κ1) is 19.5. The van der Waals surface area contributed by atoms with Gasteiger partial charge in [-0.25, -0.2) is 0 Å². The normalized spacial score (nSPS) is 13.2. The molecular weight excluding hydrogens is 360 g/mol. The van der Waals surface area contributed by atoms with Crippen molar-refractivity contribution in [2.24, 2.45) is 0 Å². The number of rotatable bonds is 6. The molecule has 0 saturated carbocycles. The van der Waals surface area contributed by atoms with Crippen molar-refractivity contribution in [1.82, 2.24) is 4.90 Å². The number of methoxy groups -OCH3 is 3. The fourth-order valence-electron chi connectivity index (χ4n) is 3.25. The zero-order valence-electron chi connectivity index (χ0n) is 16.3. The van der Waals surface area contributed by atoms with Crippen LogP contribution in [0.1, 0.15) is 33.6 Å². The molecule has 1 aliphatic heterocycles. The summed E-state index contributed by atoms with van der Waals surface area (Å²) < 4.78 is 15.9. The highest BCUT2D eigenvalue weighted by molar-refractivity contribution is 6.06. The summed E-state index contributed by atoms with van der Waals surface area (Å²) in [5.74, 6) is 0.848. The van der Waals surface area contributed by atoms with Gasteiger partial charge in [0.2, 0.25) is 5.75 Å². The maximum absolute atomic E-state index is 12.7. The van der Waals surface area contributed by atoms with Crippen LogP contribution in [0, 0.1) is 0 Å². The van der Waals surface area contributed by atoms with Gasteiger partial charge in [-0.1, -0.05) is 6.07 Å². The number of hydrogen-bond donors (Lipinski definition) is 1. The van der Waals surface area contributed by atoms with Gasteiger partial charge in [-0.2, -0.15) is 0 Å². The molecule has 1 heterocycles. The van der Waals surface area contributed by atoms with E-state index < -0.39 is 0 Å². The molecule has 0 atom stereocenters. The second-order valence-electron chi connectivity index (χ2n) is 6.45. The summed E-state index contributed by atoms with van der Waals surface area (Å²) in [5.41, 5.74) is 1.46. The molecule has 7 nitrogen and oxygen atoms in total. The number of likely N-dealkylation sites (tertiary alicyclic amines) is 1.